The van der Waals surface area contributed by atoms with E-state index in [0.717, 1.165) is 5.57 Å². The van der Waals surface area contributed by atoms with Crippen LogP contribution >= 0.6 is 0 Å². The third-order valence-corrected chi connectivity index (χ3v) is 2.19. The molecule has 0 N–H and O–H groups in total. The Hall–Kier alpha value is -0.780. The summed E-state index contributed by atoms with van der Waals surface area (Å²) in [6.45, 7) is 12.6. The van der Waals surface area contributed by atoms with E-state index in [1.54, 1.807) is 0 Å². The second-order valence-corrected chi connectivity index (χ2v) is 3.08. The molecule has 0 aromatic carbocycles. The lowest BCUT2D eigenvalue weighted by molar-refractivity contribution is 0.664. The monoisotopic (exact) mass is 164 g/mol. The van der Waals surface area contributed by atoms with E-state index in [4.69, 9.17) is 0 Å². The van der Waals surface area contributed by atoms with Gasteiger partial charge in [-0.2, -0.15) is 0 Å². The van der Waals surface area contributed by atoms with Crippen LogP contribution < -0.4 is 0 Å². The van der Waals surface area contributed by atoms with Crippen molar-refractivity contribution in [3.63, 3.8) is 0 Å². The molecule has 0 heteroatoms. The van der Waals surface area contributed by atoms with E-state index in [1.165, 1.54) is 12.0 Å². The highest BCUT2D eigenvalue weighted by molar-refractivity contribution is 5.38. The Morgan fingerprint density at radius 3 is 2.33 bits per heavy atom. The fourth-order valence-electron chi connectivity index (χ4n) is 1.30. The third-order valence-electron chi connectivity index (χ3n) is 2.19. The van der Waals surface area contributed by atoms with Crippen molar-refractivity contribution in [2.75, 3.05) is 0 Å². The Morgan fingerprint density at radius 2 is 2.00 bits per heavy atom. The van der Waals surface area contributed by atoms with Crippen LogP contribution in [-0.4, -0.2) is 0 Å². The molecule has 1 atom stereocenters. The van der Waals surface area contributed by atoms with E-state index < -0.39 is 0 Å². The van der Waals surface area contributed by atoms with Crippen molar-refractivity contribution < 1.29 is 0 Å². The normalized spacial score (nSPS) is 15.2. The van der Waals surface area contributed by atoms with Gasteiger partial charge in [0, 0.05) is 0 Å². The fourth-order valence-corrected chi connectivity index (χ4v) is 1.30. The first-order valence-corrected chi connectivity index (χ1v) is 4.65. The Kier molecular flexibility index (Phi) is 5.44. The molecule has 0 radical (unpaired) electrons. The summed E-state index contributed by atoms with van der Waals surface area (Å²) in [6, 6.07) is 0. The second kappa shape index (κ2) is 5.82. The van der Waals surface area contributed by atoms with Crippen LogP contribution in [0.25, 0.3) is 0 Å². The first kappa shape index (κ1) is 11.2. The van der Waals surface area contributed by atoms with E-state index >= 15 is 0 Å². The van der Waals surface area contributed by atoms with Gasteiger partial charge in [-0.25, -0.2) is 0 Å². The highest BCUT2D eigenvalue weighted by Crippen LogP contribution is 2.21. The zero-order chi connectivity index (χ0) is 9.56. The van der Waals surface area contributed by atoms with Gasteiger partial charge in [0.1, 0.15) is 0 Å². The smallest absolute Gasteiger partial charge is 0.0191 e. The second-order valence-electron chi connectivity index (χ2n) is 3.08. The highest BCUT2D eigenvalue weighted by atomic mass is 14.1. The summed E-state index contributed by atoms with van der Waals surface area (Å²) in [4.78, 5) is 0. The Labute approximate surface area is 76.7 Å². The van der Waals surface area contributed by atoms with Crippen molar-refractivity contribution in [2.24, 2.45) is 5.92 Å². The van der Waals surface area contributed by atoms with Crippen LogP contribution in [0.2, 0.25) is 0 Å². The van der Waals surface area contributed by atoms with Gasteiger partial charge in [0.05, 0.1) is 0 Å². The van der Waals surface area contributed by atoms with E-state index in [2.05, 4.69) is 39.5 Å². The molecule has 0 saturated heterocycles. The minimum Gasteiger partial charge on any atom is -0.0915 e. The van der Waals surface area contributed by atoms with Gasteiger partial charge in [0.25, 0.3) is 0 Å². The zero-order valence-corrected chi connectivity index (χ0v) is 8.72. The molecule has 0 saturated carbocycles. The topological polar surface area (TPSA) is 0 Å². The van der Waals surface area contributed by atoms with E-state index in [1.807, 2.05) is 13.0 Å². The first-order valence-electron chi connectivity index (χ1n) is 4.65. The van der Waals surface area contributed by atoms with Crippen LogP contribution in [0.5, 0.6) is 0 Å². The van der Waals surface area contributed by atoms with Gasteiger partial charge in [-0.1, -0.05) is 38.7 Å². The van der Waals surface area contributed by atoms with Gasteiger partial charge in [-0.15, -0.1) is 0 Å². The van der Waals surface area contributed by atoms with Gasteiger partial charge in [0.2, 0.25) is 0 Å². The van der Waals surface area contributed by atoms with Gasteiger partial charge in [-0.05, 0) is 37.3 Å². The summed E-state index contributed by atoms with van der Waals surface area (Å²) in [5.41, 5.74) is 2.52. The average Bonchev–Trinajstić information content (AvgIpc) is 2.06. The Bertz CT molecular complexity index is 194. The van der Waals surface area contributed by atoms with E-state index in [9.17, 15) is 0 Å². The molecule has 0 aliphatic heterocycles. The molecule has 0 aliphatic carbocycles. The van der Waals surface area contributed by atoms with E-state index in [0.29, 0.717) is 5.92 Å². The number of hydrogen-bond acceptors (Lipinski definition) is 0. The summed E-state index contributed by atoms with van der Waals surface area (Å²) in [5.74, 6) is 0.624. The predicted octanol–water partition coefficient (Wildman–Crippen LogP) is 4.11. The molecular formula is C12H20. The van der Waals surface area contributed by atoms with Crippen molar-refractivity contribution in [3.8, 4) is 0 Å². The number of allylic oxidation sites excluding steroid dienone is 5. The van der Waals surface area contributed by atoms with Crippen molar-refractivity contribution in [1.29, 1.82) is 0 Å². The number of rotatable bonds is 4. The van der Waals surface area contributed by atoms with Crippen LogP contribution in [0.1, 0.15) is 34.1 Å². The molecule has 0 amide bonds. The minimum atomic E-state index is 0.624. The molecule has 0 aromatic rings. The molecule has 0 heterocycles. The molecule has 0 bridgehead atoms. The lowest BCUT2D eigenvalue weighted by Gasteiger charge is -2.13. The molecule has 1 unspecified atom stereocenters. The summed E-state index contributed by atoms with van der Waals surface area (Å²) in [6.07, 6.45) is 7.45. The molecule has 0 nitrogen and oxygen atoms in total. The molecule has 0 aliphatic rings. The van der Waals surface area contributed by atoms with Gasteiger partial charge in [-0.3, -0.25) is 0 Å². The van der Waals surface area contributed by atoms with Crippen LogP contribution in [0.15, 0.2) is 36.0 Å². The van der Waals surface area contributed by atoms with Crippen LogP contribution in [0.4, 0.5) is 0 Å². The molecule has 0 rings (SSSR count). The van der Waals surface area contributed by atoms with Crippen molar-refractivity contribution >= 4 is 0 Å². The van der Waals surface area contributed by atoms with Gasteiger partial charge < -0.3 is 0 Å². The SMILES string of the molecule is C=C(/C=C\C)/C(=C\C)C(C)CC. The third kappa shape index (κ3) is 3.08. The van der Waals surface area contributed by atoms with Crippen molar-refractivity contribution in [1.82, 2.24) is 0 Å². The average molecular weight is 164 g/mol. The summed E-state index contributed by atoms with van der Waals surface area (Å²) in [7, 11) is 0. The zero-order valence-electron chi connectivity index (χ0n) is 8.72. The largest absolute Gasteiger partial charge is 0.0915 e. The standard InChI is InChI=1S/C12H20/c1-6-9-11(5)12(8-3)10(4)7-2/h6,8-10H,5,7H2,1-4H3/b9-6-,12-8-. The van der Waals surface area contributed by atoms with Crippen LogP contribution in [0, 0.1) is 5.92 Å². The summed E-state index contributed by atoms with van der Waals surface area (Å²) in [5, 5.41) is 0. The summed E-state index contributed by atoms with van der Waals surface area (Å²) >= 11 is 0. The minimum absolute atomic E-state index is 0.624. The van der Waals surface area contributed by atoms with E-state index in [-0.39, 0.29) is 0 Å². The highest BCUT2D eigenvalue weighted by Gasteiger charge is 2.06. The molecule has 0 aromatic heterocycles. The first-order chi connectivity index (χ1) is 5.67. The quantitative estimate of drug-likeness (QED) is 0.548. The fraction of sp³-hybridized carbons (Fsp3) is 0.500. The maximum Gasteiger partial charge on any atom is -0.0191 e. The number of hydrogen-bond donors (Lipinski definition) is 0. The van der Waals surface area contributed by atoms with Crippen molar-refractivity contribution in [2.45, 2.75) is 34.1 Å². The van der Waals surface area contributed by atoms with Gasteiger partial charge >= 0.3 is 0 Å². The molecular weight excluding hydrogens is 144 g/mol. The summed E-state index contributed by atoms with van der Waals surface area (Å²) < 4.78 is 0. The Balaban J connectivity index is 4.47. The van der Waals surface area contributed by atoms with Gasteiger partial charge in [0.15, 0.2) is 0 Å². The maximum absolute atomic E-state index is 4.03. The lowest BCUT2D eigenvalue weighted by Crippen LogP contribution is -1.98. The molecule has 0 fully saturated rings. The Morgan fingerprint density at radius 1 is 1.42 bits per heavy atom. The maximum atomic E-state index is 4.03. The molecule has 12 heavy (non-hydrogen) atoms. The predicted molar refractivity (Wildman–Crippen MR) is 57.2 cm³/mol. The van der Waals surface area contributed by atoms with Crippen LogP contribution in [-0.2, 0) is 0 Å². The van der Waals surface area contributed by atoms with Crippen LogP contribution in [0.3, 0.4) is 0 Å². The molecule has 0 spiro atoms. The molecule has 68 valence electrons. The lowest BCUT2D eigenvalue weighted by atomic mass is 9.92. The van der Waals surface area contributed by atoms with Crippen molar-refractivity contribution in [3.05, 3.63) is 36.0 Å².